The number of nitrogens with zero attached hydrogens (tertiary/aromatic N) is 3. The lowest BCUT2D eigenvalue weighted by Crippen LogP contribution is -2.15. The molecule has 1 amide bonds. The summed E-state index contributed by atoms with van der Waals surface area (Å²) in [5, 5.41) is 12.6. The SMILES string of the molecule is Cc1cc(Br)c(NC(=O)CSc2nc(C)nc(C)c2C#N)c(Br)c1. The number of hydrogen-bond donors (Lipinski definition) is 1. The molecule has 0 spiro atoms. The molecule has 0 radical (unpaired) electrons. The van der Waals surface area contributed by atoms with E-state index < -0.39 is 0 Å². The molecule has 2 rings (SSSR count). The van der Waals surface area contributed by atoms with Crippen molar-refractivity contribution in [2.45, 2.75) is 25.8 Å². The van der Waals surface area contributed by atoms with Gasteiger partial charge in [0.2, 0.25) is 5.91 Å². The fourth-order valence-corrected chi connectivity index (χ4v) is 4.53. The molecule has 0 unspecified atom stereocenters. The lowest BCUT2D eigenvalue weighted by molar-refractivity contribution is -0.113. The smallest absolute Gasteiger partial charge is 0.234 e. The van der Waals surface area contributed by atoms with Crippen molar-refractivity contribution in [1.82, 2.24) is 9.97 Å². The fourth-order valence-electron chi connectivity index (χ4n) is 2.04. The fraction of sp³-hybridized carbons (Fsp3) is 0.250. The number of benzene rings is 1. The number of anilines is 1. The molecule has 1 heterocycles. The molecule has 0 bridgehead atoms. The lowest BCUT2D eigenvalue weighted by Gasteiger charge is -2.11. The van der Waals surface area contributed by atoms with Crippen molar-refractivity contribution < 1.29 is 4.79 Å². The predicted octanol–water partition coefficient (Wildman–Crippen LogP) is 4.53. The molecule has 1 aromatic carbocycles. The zero-order valence-corrected chi connectivity index (χ0v) is 17.3. The summed E-state index contributed by atoms with van der Waals surface area (Å²) < 4.78 is 1.61. The van der Waals surface area contributed by atoms with Gasteiger partial charge in [-0.3, -0.25) is 4.79 Å². The Hall–Kier alpha value is -1.43. The molecular weight excluding hydrogens is 456 g/mol. The molecule has 1 aromatic heterocycles. The molecule has 0 saturated carbocycles. The Morgan fingerprint density at radius 3 is 2.46 bits per heavy atom. The second-order valence-electron chi connectivity index (χ2n) is 5.09. The first-order valence-electron chi connectivity index (χ1n) is 6.95. The Morgan fingerprint density at radius 2 is 1.88 bits per heavy atom. The summed E-state index contributed by atoms with van der Waals surface area (Å²) >= 11 is 8.12. The Labute approximate surface area is 161 Å². The number of nitriles is 1. The van der Waals surface area contributed by atoms with Crippen molar-refractivity contribution in [2.75, 3.05) is 11.1 Å². The minimum atomic E-state index is -0.178. The number of amides is 1. The predicted molar refractivity (Wildman–Crippen MR) is 102 cm³/mol. The third-order valence-corrected chi connectivity index (χ3v) is 5.30. The number of carbonyl (C=O) groups excluding carboxylic acids is 1. The van der Waals surface area contributed by atoms with Crippen molar-refractivity contribution in [3.63, 3.8) is 0 Å². The number of thioether (sulfide) groups is 1. The Kier molecular flexibility index (Phi) is 6.38. The second kappa shape index (κ2) is 8.10. The molecule has 0 fully saturated rings. The molecule has 0 aliphatic heterocycles. The van der Waals surface area contributed by atoms with Crippen LogP contribution < -0.4 is 5.32 Å². The van der Waals surface area contributed by atoms with Crippen molar-refractivity contribution in [3.8, 4) is 6.07 Å². The molecule has 1 N–H and O–H groups in total. The summed E-state index contributed by atoms with van der Waals surface area (Å²) in [4.78, 5) is 20.7. The average molecular weight is 470 g/mol. The van der Waals surface area contributed by atoms with Gasteiger partial charge in [0.15, 0.2) is 0 Å². The maximum atomic E-state index is 12.2. The van der Waals surface area contributed by atoms with Crippen molar-refractivity contribution in [2.24, 2.45) is 0 Å². The lowest BCUT2D eigenvalue weighted by atomic mass is 10.2. The van der Waals surface area contributed by atoms with E-state index in [-0.39, 0.29) is 11.7 Å². The number of hydrogen-bond acceptors (Lipinski definition) is 5. The van der Waals surface area contributed by atoms with Crippen LogP contribution >= 0.6 is 43.6 Å². The second-order valence-corrected chi connectivity index (χ2v) is 7.76. The highest BCUT2D eigenvalue weighted by atomic mass is 79.9. The largest absolute Gasteiger partial charge is 0.323 e. The van der Waals surface area contributed by atoms with Crippen molar-refractivity contribution in [3.05, 3.63) is 43.7 Å². The molecular formula is C16H14Br2N4OS. The van der Waals surface area contributed by atoms with Crippen molar-refractivity contribution in [1.29, 1.82) is 5.26 Å². The summed E-state index contributed by atoms with van der Waals surface area (Å²) in [7, 11) is 0. The van der Waals surface area contributed by atoms with Crippen LogP contribution in [0, 0.1) is 32.1 Å². The van der Waals surface area contributed by atoms with Crippen LogP contribution in [-0.4, -0.2) is 21.6 Å². The van der Waals surface area contributed by atoms with Crippen LogP contribution in [0.4, 0.5) is 5.69 Å². The van der Waals surface area contributed by atoms with Crippen LogP contribution in [0.25, 0.3) is 0 Å². The number of rotatable bonds is 4. The van der Waals surface area contributed by atoms with Gasteiger partial charge in [-0.2, -0.15) is 5.26 Å². The number of nitrogens with one attached hydrogen (secondary N) is 1. The quantitative estimate of drug-likeness (QED) is 0.525. The van der Waals surface area contributed by atoms with E-state index in [4.69, 9.17) is 0 Å². The highest BCUT2D eigenvalue weighted by molar-refractivity contribution is 9.11. The van der Waals surface area contributed by atoms with Crippen molar-refractivity contribution >= 4 is 55.2 Å². The zero-order chi connectivity index (χ0) is 17.9. The van der Waals surface area contributed by atoms with Gasteiger partial charge in [0, 0.05) is 8.95 Å². The first-order valence-corrected chi connectivity index (χ1v) is 9.52. The first-order chi connectivity index (χ1) is 11.3. The zero-order valence-electron chi connectivity index (χ0n) is 13.3. The summed E-state index contributed by atoms with van der Waals surface area (Å²) in [6.45, 7) is 5.50. The molecule has 0 aliphatic carbocycles. The van der Waals surface area contributed by atoms with Gasteiger partial charge in [0.25, 0.3) is 0 Å². The van der Waals surface area contributed by atoms with Gasteiger partial charge in [-0.25, -0.2) is 9.97 Å². The van der Waals surface area contributed by atoms with Gasteiger partial charge in [-0.1, -0.05) is 11.8 Å². The molecule has 124 valence electrons. The van der Waals surface area contributed by atoms with Crippen LogP contribution in [-0.2, 0) is 4.79 Å². The van der Waals surface area contributed by atoms with Gasteiger partial charge in [0.1, 0.15) is 22.5 Å². The topological polar surface area (TPSA) is 78.7 Å². The van der Waals surface area contributed by atoms with E-state index in [2.05, 4.69) is 53.2 Å². The molecule has 5 nitrogen and oxygen atoms in total. The van der Waals surface area contributed by atoms with Gasteiger partial charge in [-0.15, -0.1) is 0 Å². The van der Waals surface area contributed by atoms with Crippen LogP contribution in [0.1, 0.15) is 22.6 Å². The summed E-state index contributed by atoms with van der Waals surface area (Å²) in [5.74, 6) is 0.554. The van der Waals surface area contributed by atoms with Gasteiger partial charge in [-0.05, 0) is 70.3 Å². The number of aryl methyl sites for hydroxylation is 3. The van der Waals surface area contributed by atoms with Crippen LogP contribution in [0.3, 0.4) is 0 Å². The van der Waals surface area contributed by atoms with Gasteiger partial charge in [0.05, 0.1) is 17.1 Å². The van der Waals surface area contributed by atoms with Crippen LogP contribution in [0.5, 0.6) is 0 Å². The molecule has 0 saturated heterocycles. The number of aromatic nitrogens is 2. The molecule has 2 aromatic rings. The average Bonchev–Trinajstić information content (AvgIpc) is 2.48. The van der Waals surface area contributed by atoms with Gasteiger partial charge >= 0.3 is 0 Å². The van der Waals surface area contributed by atoms with E-state index in [1.807, 2.05) is 19.1 Å². The van der Waals surface area contributed by atoms with E-state index in [1.165, 1.54) is 11.8 Å². The monoisotopic (exact) mass is 468 g/mol. The first kappa shape index (κ1) is 18.9. The normalized spacial score (nSPS) is 10.3. The van der Waals surface area contributed by atoms with E-state index >= 15 is 0 Å². The van der Waals surface area contributed by atoms with E-state index in [0.29, 0.717) is 27.8 Å². The van der Waals surface area contributed by atoms with E-state index in [1.54, 1.807) is 13.8 Å². The van der Waals surface area contributed by atoms with E-state index in [9.17, 15) is 10.1 Å². The van der Waals surface area contributed by atoms with E-state index in [0.717, 1.165) is 14.5 Å². The Balaban J connectivity index is 2.12. The Bertz CT molecular complexity index is 826. The Morgan fingerprint density at radius 1 is 1.25 bits per heavy atom. The van der Waals surface area contributed by atoms with Gasteiger partial charge < -0.3 is 5.32 Å². The maximum absolute atomic E-state index is 12.2. The number of carbonyl (C=O) groups is 1. The summed E-state index contributed by atoms with van der Waals surface area (Å²) in [6, 6.07) is 5.95. The molecule has 0 atom stereocenters. The minimum Gasteiger partial charge on any atom is -0.323 e. The highest BCUT2D eigenvalue weighted by Crippen LogP contribution is 2.32. The summed E-state index contributed by atoms with van der Waals surface area (Å²) in [6.07, 6.45) is 0. The third-order valence-electron chi connectivity index (χ3n) is 3.07. The molecule has 24 heavy (non-hydrogen) atoms. The molecule has 0 aliphatic rings. The number of halogens is 2. The van der Waals surface area contributed by atoms with Crippen LogP contribution in [0.15, 0.2) is 26.1 Å². The highest BCUT2D eigenvalue weighted by Gasteiger charge is 2.14. The van der Waals surface area contributed by atoms with Crippen LogP contribution in [0.2, 0.25) is 0 Å². The molecule has 8 heteroatoms. The summed E-state index contributed by atoms with van der Waals surface area (Å²) in [5.41, 5.74) is 2.79. The third kappa shape index (κ3) is 4.56. The standard InChI is InChI=1S/C16H14Br2N4OS/c1-8-4-12(17)15(13(18)5-8)22-14(23)7-24-16-11(6-19)9(2)20-10(3)21-16/h4-5H,7H2,1-3H3,(H,22,23). The maximum Gasteiger partial charge on any atom is 0.234 e. The minimum absolute atomic E-state index is 0.150.